The molecule has 1 aromatic carbocycles. The smallest absolute Gasteiger partial charge is 0.328 e. The maximum absolute atomic E-state index is 12.7. The monoisotopic (exact) mass is 368 g/mol. The van der Waals surface area contributed by atoms with E-state index in [9.17, 15) is 9.59 Å². The van der Waals surface area contributed by atoms with E-state index >= 15 is 0 Å². The molecule has 2 amide bonds. The largest absolute Gasteiger partial charge is 0.464 e. The summed E-state index contributed by atoms with van der Waals surface area (Å²) in [6, 6.07) is 12.8. The van der Waals surface area contributed by atoms with Crippen molar-refractivity contribution >= 4 is 23.5 Å². The lowest BCUT2D eigenvalue weighted by molar-refractivity contribution is -0.144. The van der Waals surface area contributed by atoms with Crippen LogP contribution in [-0.2, 0) is 16.1 Å². The molecule has 7 heteroatoms. The SMILES string of the molecule is CCOC(=O)C(C)NC(=O)N1CCN(Cc2ccccc2)c2ncccc21. The number of ether oxygens (including phenoxy) is 1. The number of nitrogens with one attached hydrogen (secondary N) is 1. The number of hydrogen-bond donors (Lipinski definition) is 1. The summed E-state index contributed by atoms with van der Waals surface area (Å²) >= 11 is 0. The first-order chi connectivity index (χ1) is 13.1. The summed E-state index contributed by atoms with van der Waals surface area (Å²) in [6.07, 6.45) is 1.72. The summed E-state index contributed by atoms with van der Waals surface area (Å²) in [5.74, 6) is 0.312. The van der Waals surface area contributed by atoms with Crippen molar-refractivity contribution in [1.82, 2.24) is 10.3 Å². The van der Waals surface area contributed by atoms with E-state index in [1.807, 2.05) is 24.3 Å². The van der Waals surface area contributed by atoms with Gasteiger partial charge in [0.05, 0.1) is 12.3 Å². The summed E-state index contributed by atoms with van der Waals surface area (Å²) in [6.45, 7) is 5.52. The molecule has 0 bridgehead atoms. The molecule has 1 N–H and O–H groups in total. The van der Waals surface area contributed by atoms with Crippen molar-refractivity contribution in [3.8, 4) is 0 Å². The molecule has 0 aliphatic carbocycles. The fourth-order valence-corrected chi connectivity index (χ4v) is 3.05. The Morgan fingerprint density at radius 1 is 1.19 bits per heavy atom. The predicted molar refractivity (Wildman–Crippen MR) is 104 cm³/mol. The standard InChI is InChI=1S/C20H24N4O3/c1-3-27-19(25)15(2)22-20(26)24-13-12-23(14-16-8-5-4-6-9-16)18-17(24)10-7-11-21-18/h4-11,15H,3,12-14H2,1-2H3,(H,22,26). The summed E-state index contributed by atoms with van der Waals surface area (Å²) in [7, 11) is 0. The zero-order chi connectivity index (χ0) is 19.2. The maximum Gasteiger partial charge on any atom is 0.328 e. The number of benzene rings is 1. The van der Waals surface area contributed by atoms with Crippen LogP contribution in [0.5, 0.6) is 0 Å². The average molecular weight is 368 g/mol. The Kier molecular flexibility index (Phi) is 5.90. The first-order valence-corrected chi connectivity index (χ1v) is 9.08. The molecule has 0 saturated heterocycles. The van der Waals surface area contributed by atoms with Gasteiger partial charge in [-0.25, -0.2) is 14.6 Å². The minimum Gasteiger partial charge on any atom is -0.464 e. The van der Waals surface area contributed by atoms with Crippen LogP contribution < -0.4 is 15.1 Å². The molecule has 2 heterocycles. The Balaban J connectivity index is 1.75. The number of carbonyl (C=O) groups excluding carboxylic acids is 2. The second kappa shape index (κ2) is 8.53. The minimum absolute atomic E-state index is 0.282. The molecule has 1 aliphatic rings. The van der Waals surface area contributed by atoms with Crippen LogP contribution in [0.15, 0.2) is 48.7 Å². The van der Waals surface area contributed by atoms with E-state index in [0.29, 0.717) is 13.1 Å². The third-order valence-corrected chi connectivity index (χ3v) is 4.39. The second-order valence-corrected chi connectivity index (χ2v) is 6.33. The number of urea groups is 1. The number of hydrogen-bond acceptors (Lipinski definition) is 5. The number of fused-ring (bicyclic) bond motifs is 1. The van der Waals surface area contributed by atoms with Gasteiger partial charge in [0.1, 0.15) is 6.04 Å². The second-order valence-electron chi connectivity index (χ2n) is 6.33. The molecule has 3 rings (SSSR count). The highest BCUT2D eigenvalue weighted by Gasteiger charge is 2.29. The number of nitrogens with zero attached hydrogens (tertiary/aromatic N) is 3. The third kappa shape index (κ3) is 4.36. The van der Waals surface area contributed by atoms with Crippen LogP contribution in [0.25, 0.3) is 0 Å². The Bertz CT molecular complexity index is 797. The van der Waals surface area contributed by atoms with E-state index in [2.05, 4.69) is 27.3 Å². The van der Waals surface area contributed by atoms with E-state index in [4.69, 9.17) is 4.74 Å². The van der Waals surface area contributed by atoms with Crippen LogP contribution in [0, 0.1) is 0 Å². The number of rotatable bonds is 5. The van der Waals surface area contributed by atoms with Gasteiger partial charge in [0.15, 0.2) is 5.82 Å². The lowest BCUT2D eigenvalue weighted by Gasteiger charge is -2.37. The van der Waals surface area contributed by atoms with Crippen LogP contribution in [0.3, 0.4) is 0 Å². The van der Waals surface area contributed by atoms with Crippen LogP contribution in [-0.4, -0.2) is 42.7 Å². The van der Waals surface area contributed by atoms with Gasteiger partial charge in [0, 0.05) is 25.8 Å². The number of pyridine rings is 1. The summed E-state index contributed by atoms with van der Waals surface area (Å²) in [5.41, 5.74) is 1.91. The van der Waals surface area contributed by atoms with Crippen molar-refractivity contribution in [3.63, 3.8) is 0 Å². The highest BCUT2D eigenvalue weighted by Crippen LogP contribution is 2.31. The van der Waals surface area contributed by atoms with Gasteiger partial charge in [0.2, 0.25) is 0 Å². The van der Waals surface area contributed by atoms with Crippen molar-refractivity contribution in [2.75, 3.05) is 29.5 Å². The first kappa shape index (κ1) is 18.7. The van der Waals surface area contributed by atoms with Crippen LogP contribution in [0.4, 0.5) is 16.3 Å². The summed E-state index contributed by atoms with van der Waals surface area (Å²) < 4.78 is 4.95. The molecular weight excluding hydrogens is 344 g/mol. The molecule has 0 fully saturated rings. The van der Waals surface area contributed by atoms with Gasteiger partial charge in [-0.15, -0.1) is 0 Å². The van der Waals surface area contributed by atoms with Crippen molar-refractivity contribution < 1.29 is 14.3 Å². The molecule has 1 unspecified atom stereocenters. The maximum atomic E-state index is 12.7. The lowest BCUT2D eigenvalue weighted by Crippen LogP contribution is -2.51. The molecule has 0 saturated carbocycles. The first-order valence-electron chi connectivity index (χ1n) is 9.08. The number of esters is 1. The van der Waals surface area contributed by atoms with Crippen molar-refractivity contribution in [2.24, 2.45) is 0 Å². The molecule has 0 spiro atoms. The minimum atomic E-state index is -0.708. The predicted octanol–water partition coefficient (Wildman–Crippen LogP) is 2.57. The van der Waals surface area contributed by atoms with Crippen molar-refractivity contribution in [2.45, 2.75) is 26.4 Å². The highest BCUT2D eigenvalue weighted by atomic mass is 16.5. The van der Waals surface area contributed by atoms with E-state index in [0.717, 1.165) is 18.1 Å². The normalized spacial score (nSPS) is 14.3. The molecule has 1 atom stereocenters. The van der Waals surface area contributed by atoms with E-state index in [1.165, 1.54) is 5.56 Å². The van der Waals surface area contributed by atoms with E-state index in [-0.39, 0.29) is 12.6 Å². The Labute approximate surface area is 158 Å². The molecule has 1 aromatic heterocycles. The van der Waals surface area contributed by atoms with Gasteiger partial charge in [-0.3, -0.25) is 4.90 Å². The molecule has 27 heavy (non-hydrogen) atoms. The zero-order valence-corrected chi connectivity index (χ0v) is 15.6. The highest BCUT2D eigenvalue weighted by molar-refractivity contribution is 5.97. The van der Waals surface area contributed by atoms with E-state index in [1.54, 1.807) is 31.0 Å². The molecule has 7 nitrogen and oxygen atoms in total. The van der Waals surface area contributed by atoms with Gasteiger partial charge in [-0.05, 0) is 31.5 Å². The Hall–Kier alpha value is -3.09. The zero-order valence-electron chi connectivity index (χ0n) is 15.6. The third-order valence-electron chi connectivity index (χ3n) is 4.39. The van der Waals surface area contributed by atoms with Gasteiger partial charge in [-0.2, -0.15) is 0 Å². The quantitative estimate of drug-likeness (QED) is 0.821. The van der Waals surface area contributed by atoms with Crippen LogP contribution >= 0.6 is 0 Å². The topological polar surface area (TPSA) is 74.8 Å². The van der Waals surface area contributed by atoms with Crippen LogP contribution in [0.1, 0.15) is 19.4 Å². The summed E-state index contributed by atoms with van der Waals surface area (Å²) in [5, 5.41) is 2.71. The van der Waals surface area contributed by atoms with E-state index < -0.39 is 12.0 Å². The Morgan fingerprint density at radius 2 is 1.96 bits per heavy atom. The van der Waals surface area contributed by atoms with Gasteiger partial charge in [-0.1, -0.05) is 30.3 Å². The molecule has 2 aromatic rings. The lowest BCUT2D eigenvalue weighted by atomic mass is 10.2. The number of carbonyl (C=O) groups is 2. The van der Waals surface area contributed by atoms with Gasteiger partial charge < -0.3 is 15.0 Å². The number of anilines is 2. The van der Waals surface area contributed by atoms with Crippen molar-refractivity contribution in [1.29, 1.82) is 0 Å². The fraction of sp³-hybridized carbons (Fsp3) is 0.350. The van der Waals surface area contributed by atoms with Crippen molar-refractivity contribution in [3.05, 3.63) is 54.2 Å². The number of amides is 2. The molecular formula is C20H24N4O3. The average Bonchev–Trinajstić information content (AvgIpc) is 2.69. The molecule has 0 radical (unpaired) electrons. The molecule has 142 valence electrons. The van der Waals surface area contributed by atoms with Gasteiger partial charge >= 0.3 is 12.0 Å². The number of aromatic nitrogens is 1. The molecule has 1 aliphatic heterocycles. The fourth-order valence-electron chi connectivity index (χ4n) is 3.05. The summed E-state index contributed by atoms with van der Waals surface area (Å²) in [4.78, 5) is 32.8. The van der Waals surface area contributed by atoms with Gasteiger partial charge in [0.25, 0.3) is 0 Å². The Morgan fingerprint density at radius 3 is 2.70 bits per heavy atom. The van der Waals surface area contributed by atoms with Crippen LogP contribution in [0.2, 0.25) is 0 Å².